The van der Waals surface area contributed by atoms with Gasteiger partial charge in [0.25, 0.3) is 15.9 Å². The number of aromatic nitrogens is 1. The number of carbonyl (C=O) groups is 1. The summed E-state index contributed by atoms with van der Waals surface area (Å²) in [4.78, 5) is 17.6. The smallest absolute Gasteiger partial charge is 0.264 e. The second-order valence-corrected chi connectivity index (χ2v) is 11.1. The molecule has 0 aliphatic rings. The van der Waals surface area contributed by atoms with E-state index in [1.54, 1.807) is 66.5 Å². The molecule has 0 aliphatic carbocycles. The summed E-state index contributed by atoms with van der Waals surface area (Å²) in [5.74, 6) is 0.310. The van der Waals surface area contributed by atoms with E-state index in [0.717, 1.165) is 16.2 Å². The van der Waals surface area contributed by atoms with Crippen molar-refractivity contribution < 1.29 is 13.2 Å². The number of carbonyl (C=O) groups excluding carboxylic acids is 1. The van der Waals surface area contributed by atoms with E-state index in [1.807, 2.05) is 55.5 Å². The van der Waals surface area contributed by atoms with Crippen LogP contribution in [0.1, 0.15) is 21.5 Å². The highest BCUT2D eigenvalue weighted by Gasteiger charge is 2.28. The zero-order valence-corrected chi connectivity index (χ0v) is 21.5. The number of nitrogens with one attached hydrogen (secondary N) is 1. The van der Waals surface area contributed by atoms with Gasteiger partial charge >= 0.3 is 0 Å². The molecule has 0 bridgehead atoms. The van der Waals surface area contributed by atoms with Crippen molar-refractivity contribution in [3.63, 3.8) is 0 Å². The average Bonchev–Trinajstić information content (AvgIpc) is 2.91. The minimum Gasteiger partial charge on any atom is -0.351 e. The van der Waals surface area contributed by atoms with Gasteiger partial charge in [0.2, 0.25) is 0 Å². The van der Waals surface area contributed by atoms with Crippen LogP contribution in [0.25, 0.3) is 0 Å². The van der Waals surface area contributed by atoms with Crippen LogP contribution in [0.4, 0.5) is 5.69 Å². The van der Waals surface area contributed by atoms with Crippen molar-refractivity contribution in [1.29, 1.82) is 0 Å². The second kappa shape index (κ2) is 11.9. The SMILES string of the molecule is Cc1ccc(S(=O)(=O)N(Cc2ccccc2)c2ccccc2C(=O)NCCSc2ccccn2)cc1. The highest BCUT2D eigenvalue weighted by atomic mass is 32.2. The van der Waals surface area contributed by atoms with Gasteiger partial charge in [0.1, 0.15) is 0 Å². The van der Waals surface area contributed by atoms with Crippen LogP contribution in [-0.4, -0.2) is 31.6 Å². The molecule has 1 heterocycles. The van der Waals surface area contributed by atoms with Crippen LogP contribution in [0.15, 0.2) is 113 Å². The number of sulfonamides is 1. The number of benzene rings is 3. The maximum atomic E-state index is 13.8. The van der Waals surface area contributed by atoms with Gasteiger partial charge in [-0.15, -0.1) is 11.8 Å². The number of para-hydroxylation sites is 1. The van der Waals surface area contributed by atoms with E-state index < -0.39 is 10.0 Å². The second-order valence-electron chi connectivity index (χ2n) is 8.10. The van der Waals surface area contributed by atoms with E-state index in [2.05, 4.69) is 10.3 Å². The van der Waals surface area contributed by atoms with Crippen molar-refractivity contribution in [2.24, 2.45) is 0 Å². The fourth-order valence-electron chi connectivity index (χ4n) is 3.62. The lowest BCUT2D eigenvalue weighted by atomic mass is 10.1. The van der Waals surface area contributed by atoms with E-state index in [1.165, 1.54) is 4.31 Å². The first-order chi connectivity index (χ1) is 17.4. The number of pyridine rings is 1. The molecule has 0 spiro atoms. The van der Waals surface area contributed by atoms with Gasteiger partial charge in [0.05, 0.1) is 27.7 Å². The summed E-state index contributed by atoms with van der Waals surface area (Å²) in [6.45, 7) is 2.42. The third kappa shape index (κ3) is 6.33. The van der Waals surface area contributed by atoms with Crippen molar-refractivity contribution in [2.45, 2.75) is 23.4 Å². The van der Waals surface area contributed by atoms with Crippen LogP contribution in [0.5, 0.6) is 0 Å². The summed E-state index contributed by atoms with van der Waals surface area (Å²) < 4.78 is 29.0. The Morgan fingerprint density at radius 1 is 0.889 bits per heavy atom. The largest absolute Gasteiger partial charge is 0.351 e. The maximum Gasteiger partial charge on any atom is 0.264 e. The van der Waals surface area contributed by atoms with E-state index in [-0.39, 0.29) is 17.3 Å². The third-order valence-electron chi connectivity index (χ3n) is 5.47. The highest BCUT2D eigenvalue weighted by Crippen LogP contribution is 2.29. The van der Waals surface area contributed by atoms with Crippen molar-refractivity contribution in [2.75, 3.05) is 16.6 Å². The number of hydrogen-bond donors (Lipinski definition) is 1. The number of amides is 1. The van der Waals surface area contributed by atoms with Gasteiger partial charge in [-0.2, -0.15) is 0 Å². The zero-order chi connectivity index (χ0) is 25.4. The minimum atomic E-state index is -3.95. The number of anilines is 1. The lowest BCUT2D eigenvalue weighted by Gasteiger charge is -2.26. The van der Waals surface area contributed by atoms with Gasteiger partial charge in [-0.25, -0.2) is 13.4 Å². The molecule has 4 aromatic rings. The number of hydrogen-bond acceptors (Lipinski definition) is 5. The van der Waals surface area contributed by atoms with Crippen LogP contribution >= 0.6 is 11.8 Å². The van der Waals surface area contributed by atoms with Gasteiger partial charge < -0.3 is 5.32 Å². The van der Waals surface area contributed by atoms with E-state index in [4.69, 9.17) is 0 Å². The number of rotatable bonds is 10. The van der Waals surface area contributed by atoms with Crippen LogP contribution in [0.2, 0.25) is 0 Å². The van der Waals surface area contributed by atoms with Crippen molar-refractivity contribution in [1.82, 2.24) is 10.3 Å². The van der Waals surface area contributed by atoms with Crippen LogP contribution < -0.4 is 9.62 Å². The molecule has 3 aromatic carbocycles. The van der Waals surface area contributed by atoms with E-state index >= 15 is 0 Å². The Kier molecular flexibility index (Phi) is 8.40. The molecule has 0 saturated carbocycles. The van der Waals surface area contributed by atoms with Crippen LogP contribution in [0, 0.1) is 6.92 Å². The first-order valence-electron chi connectivity index (χ1n) is 11.5. The summed E-state index contributed by atoms with van der Waals surface area (Å²) in [6.07, 6.45) is 1.73. The Balaban J connectivity index is 1.61. The predicted molar refractivity (Wildman–Crippen MR) is 145 cm³/mol. The van der Waals surface area contributed by atoms with Crippen molar-refractivity contribution in [3.05, 3.63) is 120 Å². The van der Waals surface area contributed by atoms with E-state index in [9.17, 15) is 13.2 Å². The lowest BCUT2D eigenvalue weighted by Crippen LogP contribution is -2.34. The number of nitrogens with zero attached hydrogens (tertiary/aromatic N) is 2. The van der Waals surface area contributed by atoms with Gasteiger partial charge in [-0.1, -0.05) is 66.2 Å². The molecule has 8 heteroatoms. The molecular weight excluding hydrogens is 490 g/mol. The van der Waals surface area contributed by atoms with Crippen LogP contribution in [-0.2, 0) is 16.6 Å². The minimum absolute atomic E-state index is 0.0941. The standard InChI is InChI=1S/C28H27N3O3S2/c1-22-14-16-24(17-15-22)36(33,34)31(21-23-9-3-2-4-10-23)26-12-6-5-11-25(26)28(32)30-19-20-35-27-13-7-8-18-29-27/h2-18H,19-21H2,1H3,(H,30,32). The predicted octanol–water partition coefficient (Wildman–Crippen LogP) is 5.31. The molecule has 1 N–H and O–H groups in total. The molecule has 0 unspecified atom stereocenters. The summed E-state index contributed by atoms with van der Waals surface area (Å²) in [7, 11) is -3.95. The van der Waals surface area contributed by atoms with E-state index in [0.29, 0.717) is 23.5 Å². The quantitative estimate of drug-likeness (QED) is 0.228. The molecule has 0 saturated heterocycles. The molecule has 6 nitrogen and oxygen atoms in total. The van der Waals surface area contributed by atoms with Crippen molar-refractivity contribution >= 4 is 33.4 Å². The zero-order valence-electron chi connectivity index (χ0n) is 19.9. The van der Waals surface area contributed by atoms with Gasteiger partial charge in [0.15, 0.2) is 0 Å². The molecule has 0 atom stereocenters. The fourth-order valence-corrected chi connectivity index (χ4v) is 5.81. The molecule has 0 aliphatic heterocycles. The molecule has 0 radical (unpaired) electrons. The normalized spacial score (nSPS) is 11.1. The Morgan fingerprint density at radius 2 is 1.58 bits per heavy atom. The summed E-state index contributed by atoms with van der Waals surface area (Å²) >= 11 is 1.54. The molecule has 4 rings (SSSR count). The molecule has 1 amide bonds. The molecular formula is C28H27N3O3S2. The Morgan fingerprint density at radius 3 is 2.31 bits per heavy atom. The summed E-state index contributed by atoms with van der Waals surface area (Å²) in [6, 6.07) is 28.6. The Hall–Kier alpha value is -3.62. The van der Waals surface area contributed by atoms with Crippen LogP contribution in [0.3, 0.4) is 0 Å². The average molecular weight is 518 g/mol. The number of aryl methyl sites for hydroxylation is 1. The molecule has 36 heavy (non-hydrogen) atoms. The first-order valence-corrected chi connectivity index (χ1v) is 13.9. The summed E-state index contributed by atoms with van der Waals surface area (Å²) in [5, 5.41) is 3.80. The molecule has 1 aromatic heterocycles. The topological polar surface area (TPSA) is 79.4 Å². The summed E-state index contributed by atoms with van der Waals surface area (Å²) in [5.41, 5.74) is 2.41. The highest BCUT2D eigenvalue weighted by molar-refractivity contribution is 7.99. The fraction of sp³-hybridized carbons (Fsp3) is 0.143. The van der Waals surface area contributed by atoms with Gasteiger partial charge in [-0.05, 0) is 48.9 Å². The third-order valence-corrected chi connectivity index (χ3v) is 8.19. The Bertz CT molecular complexity index is 1400. The number of thioether (sulfide) groups is 1. The lowest BCUT2D eigenvalue weighted by molar-refractivity contribution is 0.0957. The van der Waals surface area contributed by atoms with Crippen molar-refractivity contribution in [3.8, 4) is 0 Å². The Labute approximate surface area is 216 Å². The molecule has 184 valence electrons. The first kappa shape index (κ1) is 25.5. The van der Waals surface area contributed by atoms with Gasteiger partial charge in [-0.3, -0.25) is 9.10 Å². The van der Waals surface area contributed by atoms with Gasteiger partial charge in [0, 0.05) is 18.5 Å². The molecule has 0 fully saturated rings. The maximum absolute atomic E-state index is 13.8. The monoisotopic (exact) mass is 517 g/mol.